The normalized spacial score (nSPS) is 10.4. The van der Waals surface area contributed by atoms with Crippen LogP contribution >= 0.6 is 11.6 Å². The number of hydrogen-bond donors (Lipinski definition) is 1. The van der Waals surface area contributed by atoms with Crippen LogP contribution in [0, 0.1) is 18.6 Å². The molecule has 94 valence electrons. The van der Waals surface area contributed by atoms with Crippen LogP contribution in [0.1, 0.15) is 11.1 Å². The maximum absolute atomic E-state index is 13.4. The highest BCUT2D eigenvalue weighted by atomic mass is 35.5. The second-order valence-corrected chi connectivity index (χ2v) is 4.48. The Morgan fingerprint density at radius 1 is 1.11 bits per heavy atom. The maximum Gasteiger partial charge on any atom is 0.128 e. The second kappa shape index (κ2) is 5.36. The van der Waals surface area contributed by atoms with Crippen molar-refractivity contribution in [3.8, 4) is 0 Å². The summed E-state index contributed by atoms with van der Waals surface area (Å²) in [6.07, 6.45) is 0. The summed E-state index contributed by atoms with van der Waals surface area (Å²) >= 11 is 5.84. The minimum Gasteiger partial charge on any atom is -0.381 e. The predicted octanol–water partition coefficient (Wildman–Crippen LogP) is 4.54. The first-order valence-electron chi connectivity index (χ1n) is 5.50. The van der Waals surface area contributed by atoms with Crippen LogP contribution in [0.15, 0.2) is 36.4 Å². The number of halogens is 3. The number of aryl methyl sites for hydroxylation is 1. The van der Waals surface area contributed by atoms with Gasteiger partial charge >= 0.3 is 0 Å². The molecule has 0 aliphatic carbocycles. The van der Waals surface area contributed by atoms with E-state index in [2.05, 4.69) is 5.32 Å². The average molecular weight is 268 g/mol. The van der Waals surface area contributed by atoms with Crippen molar-refractivity contribution in [1.29, 1.82) is 0 Å². The zero-order chi connectivity index (χ0) is 13.1. The van der Waals surface area contributed by atoms with Crippen LogP contribution in [0.4, 0.5) is 14.5 Å². The van der Waals surface area contributed by atoms with E-state index < -0.39 is 11.6 Å². The number of hydrogen-bond acceptors (Lipinski definition) is 1. The van der Waals surface area contributed by atoms with Crippen LogP contribution < -0.4 is 5.32 Å². The Morgan fingerprint density at radius 2 is 1.89 bits per heavy atom. The first kappa shape index (κ1) is 12.8. The lowest BCUT2D eigenvalue weighted by atomic mass is 10.1. The van der Waals surface area contributed by atoms with Crippen molar-refractivity contribution < 1.29 is 8.78 Å². The first-order chi connectivity index (χ1) is 8.56. The lowest BCUT2D eigenvalue weighted by molar-refractivity contribution is 0.587. The molecule has 2 aromatic carbocycles. The van der Waals surface area contributed by atoms with E-state index in [1.165, 1.54) is 6.07 Å². The number of rotatable bonds is 3. The van der Waals surface area contributed by atoms with Crippen LogP contribution in [0.25, 0.3) is 0 Å². The molecular formula is C14H12ClF2N. The molecule has 1 nitrogen and oxygen atoms in total. The summed E-state index contributed by atoms with van der Waals surface area (Å²) in [5.41, 5.74) is 2.10. The van der Waals surface area contributed by atoms with Gasteiger partial charge in [0, 0.05) is 22.8 Å². The summed E-state index contributed by atoms with van der Waals surface area (Å²) in [4.78, 5) is 0. The van der Waals surface area contributed by atoms with Crippen molar-refractivity contribution in [2.45, 2.75) is 13.5 Å². The quantitative estimate of drug-likeness (QED) is 0.861. The number of nitrogens with one attached hydrogen (secondary N) is 1. The molecule has 18 heavy (non-hydrogen) atoms. The standard InChI is InChI=1S/C14H12ClF2N/c1-9-6-11(15)2-5-14(9)18-8-10-7-12(16)3-4-13(10)17/h2-7,18H,8H2,1H3. The van der Waals surface area contributed by atoms with Gasteiger partial charge in [0.05, 0.1) is 0 Å². The van der Waals surface area contributed by atoms with Gasteiger partial charge in [-0.2, -0.15) is 0 Å². The summed E-state index contributed by atoms with van der Waals surface area (Å²) < 4.78 is 26.4. The fourth-order valence-electron chi connectivity index (χ4n) is 1.69. The van der Waals surface area contributed by atoms with Crippen molar-refractivity contribution >= 4 is 17.3 Å². The smallest absolute Gasteiger partial charge is 0.128 e. The Morgan fingerprint density at radius 3 is 2.61 bits per heavy atom. The highest BCUT2D eigenvalue weighted by molar-refractivity contribution is 6.30. The summed E-state index contributed by atoms with van der Waals surface area (Å²) in [5, 5.41) is 3.71. The Bertz CT molecular complexity index is 570. The van der Waals surface area contributed by atoms with Crippen LogP contribution in [0.3, 0.4) is 0 Å². The molecule has 0 aliphatic heterocycles. The molecule has 4 heteroatoms. The monoisotopic (exact) mass is 267 g/mol. The lowest BCUT2D eigenvalue weighted by Crippen LogP contribution is -2.03. The largest absolute Gasteiger partial charge is 0.381 e. The van der Waals surface area contributed by atoms with Gasteiger partial charge in [0.2, 0.25) is 0 Å². The van der Waals surface area contributed by atoms with Crippen molar-refractivity contribution in [1.82, 2.24) is 0 Å². The van der Waals surface area contributed by atoms with Gasteiger partial charge < -0.3 is 5.32 Å². The third-order valence-corrected chi connectivity index (χ3v) is 2.90. The molecule has 0 bridgehead atoms. The van der Waals surface area contributed by atoms with Crippen molar-refractivity contribution in [3.63, 3.8) is 0 Å². The van der Waals surface area contributed by atoms with E-state index in [-0.39, 0.29) is 6.54 Å². The summed E-state index contributed by atoms with van der Waals surface area (Å²) in [7, 11) is 0. The highest BCUT2D eigenvalue weighted by Crippen LogP contribution is 2.20. The SMILES string of the molecule is Cc1cc(Cl)ccc1NCc1cc(F)ccc1F. The van der Waals surface area contributed by atoms with Crippen molar-refractivity contribution in [3.05, 3.63) is 64.2 Å². The van der Waals surface area contributed by atoms with Crippen LogP contribution in [-0.2, 0) is 6.54 Å². The molecule has 1 N–H and O–H groups in total. The summed E-state index contributed by atoms with van der Waals surface area (Å²) in [6.45, 7) is 2.13. The van der Waals surface area contributed by atoms with Gasteiger partial charge in [-0.15, -0.1) is 0 Å². The number of anilines is 1. The average Bonchev–Trinajstić information content (AvgIpc) is 2.32. The van der Waals surface area contributed by atoms with Gasteiger partial charge in [-0.25, -0.2) is 8.78 Å². The molecule has 0 saturated heterocycles. The van der Waals surface area contributed by atoms with Crippen molar-refractivity contribution in [2.24, 2.45) is 0 Å². The zero-order valence-electron chi connectivity index (χ0n) is 9.81. The first-order valence-corrected chi connectivity index (χ1v) is 5.88. The van der Waals surface area contributed by atoms with Crippen LogP contribution in [-0.4, -0.2) is 0 Å². The third-order valence-electron chi connectivity index (χ3n) is 2.67. The molecule has 0 aromatic heterocycles. The third kappa shape index (κ3) is 2.99. The molecule has 0 aliphatic rings. The molecule has 0 fully saturated rings. The molecule has 0 saturated carbocycles. The lowest BCUT2D eigenvalue weighted by Gasteiger charge is -2.10. The van der Waals surface area contributed by atoms with Gasteiger partial charge in [-0.05, 0) is 48.9 Å². The second-order valence-electron chi connectivity index (χ2n) is 4.05. The fraction of sp³-hybridized carbons (Fsp3) is 0.143. The van der Waals surface area contributed by atoms with Crippen LogP contribution in [0.5, 0.6) is 0 Å². The maximum atomic E-state index is 13.4. The molecule has 0 atom stereocenters. The van der Waals surface area contributed by atoms with Gasteiger partial charge in [0.25, 0.3) is 0 Å². The molecule has 0 unspecified atom stereocenters. The highest BCUT2D eigenvalue weighted by Gasteiger charge is 2.05. The fourth-order valence-corrected chi connectivity index (χ4v) is 1.92. The van der Waals surface area contributed by atoms with Gasteiger partial charge in [-0.3, -0.25) is 0 Å². The van der Waals surface area contributed by atoms with Gasteiger partial charge in [-0.1, -0.05) is 11.6 Å². The van der Waals surface area contributed by atoms with Crippen molar-refractivity contribution in [2.75, 3.05) is 5.32 Å². The van der Waals surface area contributed by atoms with E-state index in [9.17, 15) is 8.78 Å². The van der Waals surface area contributed by atoms with Crippen LogP contribution in [0.2, 0.25) is 5.02 Å². The van der Waals surface area contributed by atoms with E-state index in [0.29, 0.717) is 10.6 Å². The summed E-state index contributed by atoms with van der Waals surface area (Å²) in [5.74, 6) is -0.864. The zero-order valence-corrected chi connectivity index (χ0v) is 10.6. The molecular weight excluding hydrogens is 256 g/mol. The van der Waals surface area contributed by atoms with E-state index in [4.69, 9.17) is 11.6 Å². The predicted molar refractivity (Wildman–Crippen MR) is 69.9 cm³/mol. The molecule has 2 rings (SSSR count). The number of benzene rings is 2. The Kier molecular flexibility index (Phi) is 3.82. The molecule has 0 heterocycles. The van der Waals surface area contributed by atoms with Gasteiger partial charge in [0.1, 0.15) is 11.6 Å². The van der Waals surface area contributed by atoms with E-state index in [1.807, 2.05) is 19.1 Å². The molecule has 0 spiro atoms. The molecule has 0 amide bonds. The molecule has 0 radical (unpaired) electrons. The van der Waals surface area contributed by atoms with Gasteiger partial charge in [0.15, 0.2) is 0 Å². The van der Waals surface area contributed by atoms with E-state index in [0.717, 1.165) is 23.4 Å². The van der Waals surface area contributed by atoms with E-state index in [1.54, 1.807) is 6.07 Å². The minimum atomic E-state index is -0.443. The van der Waals surface area contributed by atoms with E-state index >= 15 is 0 Å². The Balaban J connectivity index is 2.13. The summed E-state index contributed by atoms with van der Waals surface area (Å²) in [6, 6.07) is 8.79. The topological polar surface area (TPSA) is 12.0 Å². The Hall–Kier alpha value is -1.61. The minimum absolute atomic E-state index is 0.228. The Labute approximate surface area is 109 Å². The molecule has 2 aromatic rings.